The molecule has 2 aromatic carbocycles. The molecule has 0 saturated heterocycles. The van der Waals surface area contributed by atoms with Gasteiger partial charge in [-0.1, -0.05) is 19.1 Å². The Kier molecular flexibility index (Phi) is 5.11. The number of aliphatic carboxylic acids is 1. The highest BCUT2D eigenvalue weighted by Crippen LogP contribution is 2.31. The minimum atomic E-state index is -0.801. The molecular formula is C18H19NO4. The van der Waals surface area contributed by atoms with E-state index in [1.54, 1.807) is 31.2 Å². The van der Waals surface area contributed by atoms with Crippen LogP contribution in [0.3, 0.4) is 0 Å². The molecule has 0 radical (unpaired) electrons. The summed E-state index contributed by atoms with van der Waals surface area (Å²) in [5.74, 6) is 0.132. The lowest BCUT2D eigenvalue weighted by atomic mass is 9.97. The molecular weight excluding hydrogens is 294 g/mol. The molecule has 1 atom stereocenters. The summed E-state index contributed by atoms with van der Waals surface area (Å²) < 4.78 is 5.89. The van der Waals surface area contributed by atoms with Gasteiger partial charge in [0, 0.05) is 0 Å². The molecule has 0 amide bonds. The van der Waals surface area contributed by atoms with Gasteiger partial charge in [0.05, 0.1) is 5.92 Å². The van der Waals surface area contributed by atoms with Crippen LogP contribution in [0.4, 0.5) is 5.69 Å². The van der Waals surface area contributed by atoms with Crippen molar-refractivity contribution in [3.63, 3.8) is 0 Å². The topological polar surface area (TPSA) is 76.0 Å². The number of ether oxygens (including phenoxy) is 1. The van der Waals surface area contributed by atoms with Gasteiger partial charge in [0.25, 0.3) is 0 Å². The minimum Gasteiger partial charge on any atom is -0.481 e. The summed E-state index contributed by atoms with van der Waals surface area (Å²) in [7, 11) is 0. The highest BCUT2D eigenvalue weighted by Gasteiger charge is 2.14. The van der Waals surface area contributed by atoms with Gasteiger partial charge in [-0.15, -0.1) is 4.91 Å². The maximum atomic E-state index is 11.0. The summed E-state index contributed by atoms with van der Waals surface area (Å²) in [5.41, 5.74) is 3.21. The van der Waals surface area contributed by atoms with Crippen LogP contribution in [0.1, 0.15) is 23.6 Å². The van der Waals surface area contributed by atoms with Gasteiger partial charge in [-0.2, -0.15) is 0 Å². The summed E-state index contributed by atoms with van der Waals surface area (Å²) >= 11 is 0. The third-order valence-corrected chi connectivity index (χ3v) is 3.65. The van der Waals surface area contributed by atoms with Crippen LogP contribution >= 0.6 is 0 Å². The van der Waals surface area contributed by atoms with Crippen LogP contribution in [0, 0.1) is 24.7 Å². The third kappa shape index (κ3) is 4.16. The maximum Gasteiger partial charge on any atom is 0.306 e. The van der Waals surface area contributed by atoms with E-state index < -0.39 is 11.9 Å². The van der Waals surface area contributed by atoms with E-state index in [9.17, 15) is 9.70 Å². The van der Waals surface area contributed by atoms with Crippen molar-refractivity contribution in [2.45, 2.75) is 27.2 Å². The monoisotopic (exact) mass is 313 g/mol. The number of hydrogen-bond acceptors (Lipinski definition) is 4. The molecule has 0 fully saturated rings. The van der Waals surface area contributed by atoms with Gasteiger partial charge in [0.15, 0.2) is 0 Å². The molecule has 2 aromatic rings. The zero-order valence-corrected chi connectivity index (χ0v) is 13.4. The normalized spacial score (nSPS) is 11.8. The molecule has 0 aliphatic carbocycles. The Morgan fingerprint density at radius 1 is 1.17 bits per heavy atom. The second-order valence-corrected chi connectivity index (χ2v) is 5.69. The SMILES string of the molecule is Cc1cc(C[C@H](C)C(=O)O)cc(C)c1Oc1ccc(N=O)cc1. The Hall–Kier alpha value is -2.69. The average Bonchev–Trinajstić information content (AvgIpc) is 2.51. The van der Waals surface area contributed by atoms with E-state index >= 15 is 0 Å². The van der Waals surface area contributed by atoms with Crippen LogP contribution in [0.15, 0.2) is 41.6 Å². The molecule has 5 heteroatoms. The van der Waals surface area contributed by atoms with Crippen molar-refractivity contribution >= 4 is 11.7 Å². The molecule has 23 heavy (non-hydrogen) atoms. The number of carboxylic acids is 1. The summed E-state index contributed by atoms with van der Waals surface area (Å²) in [6.45, 7) is 5.55. The van der Waals surface area contributed by atoms with E-state index in [-0.39, 0.29) is 0 Å². The van der Waals surface area contributed by atoms with Gasteiger partial charge in [-0.25, -0.2) is 0 Å². The zero-order valence-electron chi connectivity index (χ0n) is 13.4. The number of rotatable bonds is 6. The Balaban J connectivity index is 2.22. The lowest BCUT2D eigenvalue weighted by Gasteiger charge is -2.15. The van der Waals surface area contributed by atoms with E-state index in [1.165, 1.54) is 0 Å². The van der Waals surface area contributed by atoms with Crippen LogP contribution in [-0.4, -0.2) is 11.1 Å². The summed E-state index contributed by atoms with van der Waals surface area (Å²) in [6, 6.07) is 10.5. The van der Waals surface area contributed by atoms with Crippen molar-refractivity contribution in [1.82, 2.24) is 0 Å². The van der Waals surface area contributed by atoms with Crippen molar-refractivity contribution in [3.05, 3.63) is 58.0 Å². The molecule has 0 unspecified atom stereocenters. The predicted molar refractivity (Wildman–Crippen MR) is 88.4 cm³/mol. The highest BCUT2D eigenvalue weighted by molar-refractivity contribution is 5.70. The van der Waals surface area contributed by atoms with E-state index in [1.807, 2.05) is 26.0 Å². The van der Waals surface area contributed by atoms with Crippen LogP contribution in [-0.2, 0) is 11.2 Å². The van der Waals surface area contributed by atoms with Gasteiger partial charge < -0.3 is 9.84 Å². The van der Waals surface area contributed by atoms with Crippen LogP contribution in [0.2, 0.25) is 0 Å². The number of carbonyl (C=O) groups is 1. The number of carboxylic acid groups (broad SMARTS) is 1. The van der Waals surface area contributed by atoms with Crippen molar-refractivity contribution in [1.29, 1.82) is 0 Å². The molecule has 2 rings (SSSR count). The van der Waals surface area contributed by atoms with Crippen LogP contribution in [0.25, 0.3) is 0 Å². The van der Waals surface area contributed by atoms with E-state index in [0.29, 0.717) is 17.9 Å². The molecule has 0 saturated carbocycles. The fourth-order valence-electron chi connectivity index (χ4n) is 2.45. The molecule has 5 nitrogen and oxygen atoms in total. The van der Waals surface area contributed by atoms with Gasteiger partial charge >= 0.3 is 5.97 Å². The Bertz CT molecular complexity index is 699. The smallest absolute Gasteiger partial charge is 0.306 e. The van der Waals surface area contributed by atoms with E-state index in [2.05, 4.69) is 5.18 Å². The largest absolute Gasteiger partial charge is 0.481 e. The number of hydrogen-bond donors (Lipinski definition) is 1. The summed E-state index contributed by atoms with van der Waals surface area (Å²) in [4.78, 5) is 21.4. The number of aryl methyl sites for hydroxylation is 2. The Labute approximate surface area is 134 Å². The predicted octanol–water partition coefficient (Wildman–Crippen LogP) is 4.76. The second-order valence-electron chi connectivity index (χ2n) is 5.69. The molecule has 0 bridgehead atoms. The van der Waals surface area contributed by atoms with Crippen molar-refractivity contribution in [3.8, 4) is 11.5 Å². The first-order valence-electron chi connectivity index (χ1n) is 7.35. The lowest BCUT2D eigenvalue weighted by molar-refractivity contribution is -0.141. The van der Waals surface area contributed by atoms with Gasteiger partial charge in [-0.3, -0.25) is 4.79 Å². The fourth-order valence-corrected chi connectivity index (χ4v) is 2.45. The molecule has 0 spiro atoms. The molecule has 120 valence electrons. The summed E-state index contributed by atoms with van der Waals surface area (Å²) in [6.07, 6.45) is 0.483. The molecule has 0 aliphatic heterocycles. The number of benzene rings is 2. The first-order valence-corrected chi connectivity index (χ1v) is 7.35. The molecule has 1 N–H and O–H groups in total. The fraction of sp³-hybridized carbons (Fsp3) is 0.278. The molecule has 0 aliphatic rings. The molecule has 0 aromatic heterocycles. The van der Waals surface area contributed by atoms with Crippen LogP contribution < -0.4 is 4.74 Å². The van der Waals surface area contributed by atoms with Crippen molar-refractivity contribution < 1.29 is 14.6 Å². The Morgan fingerprint density at radius 3 is 2.22 bits per heavy atom. The number of nitroso groups, excluding NO2 is 1. The molecule has 0 heterocycles. The van der Waals surface area contributed by atoms with Crippen molar-refractivity contribution in [2.75, 3.05) is 0 Å². The Morgan fingerprint density at radius 2 is 1.74 bits per heavy atom. The van der Waals surface area contributed by atoms with E-state index in [4.69, 9.17) is 9.84 Å². The van der Waals surface area contributed by atoms with Gasteiger partial charge in [0.1, 0.15) is 17.2 Å². The number of nitrogens with zero attached hydrogens (tertiary/aromatic N) is 1. The first kappa shape index (κ1) is 16.7. The van der Waals surface area contributed by atoms with Gasteiger partial charge in [-0.05, 0) is 66.4 Å². The standard InChI is InChI=1S/C18H19NO4/c1-11-8-14(10-13(3)18(20)21)9-12(2)17(11)23-16-6-4-15(19-22)5-7-16/h4-9,13H,10H2,1-3H3,(H,20,21)/t13-/m0/s1. The van der Waals surface area contributed by atoms with Gasteiger partial charge in [0.2, 0.25) is 0 Å². The first-order chi connectivity index (χ1) is 10.9. The summed E-state index contributed by atoms with van der Waals surface area (Å²) in [5, 5.41) is 11.9. The lowest BCUT2D eigenvalue weighted by Crippen LogP contribution is -2.12. The third-order valence-electron chi connectivity index (χ3n) is 3.65. The van der Waals surface area contributed by atoms with Crippen LogP contribution in [0.5, 0.6) is 11.5 Å². The highest BCUT2D eigenvalue weighted by atomic mass is 16.5. The zero-order chi connectivity index (χ0) is 17.0. The second kappa shape index (κ2) is 7.05. The minimum absolute atomic E-state index is 0.351. The quantitative estimate of drug-likeness (QED) is 0.780. The average molecular weight is 313 g/mol. The maximum absolute atomic E-state index is 11.0. The van der Waals surface area contributed by atoms with E-state index in [0.717, 1.165) is 22.4 Å². The van der Waals surface area contributed by atoms with Crippen molar-refractivity contribution in [2.24, 2.45) is 11.1 Å².